The molecule has 4 nitrogen and oxygen atoms in total. The molecular weight excluding hydrogens is 386 g/mol. The molecule has 0 N–H and O–H groups in total. The van der Waals surface area contributed by atoms with Gasteiger partial charge < -0.3 is 14.2 Å². The lowest BCUT2D eigenvalue weighted by atomic mass is 9.71. The smallest absolute Gasteiger partial charge is 0.180 e. The van der Waals surface area contributed by atoms with Crippen molar-refractivity contribution >= 4 is 11.6 Å². The second kappa shape index (κ2) is 7.94. The van der Waals surface area contributed by atoms with E-state index in [-0.39, 0.29) is 11.0 Å². The van der Waals surface area contributed by atoms with E-state index in [2.05, 4.69) is 38.7 Å². The van der Waals surface area contributed by atoms with Gasteiger partial charge in [-0.2, -0.15) is 0 Å². The first-order chi connectivity index (χ1) is 13.7. The van der Waals surface area contributed by atoms with E-state index in [0.29, 0.717) is 18.8 Å². The molecule has 2 heterocycles. The van der Waals surface area contributed by atoms with Crippen molar-refractivity contribution in [3.63, 3.8) is 0 Å². The van der Waals surface area contributed by atoms with Gasteiger partial charge in [-0.1, -0.05) is 24.9 Å². The van der Waals surface area contributed by atoms with E-state index in [1.54, 1.807) is 7.11 Å². The molecule has 2 unspecified atom stereocenters. The molecule has 29 heavy (non-hydrogen) atoms. The number of ether oxygens (including phenoxy) is 3. The van der Waals surface area contributed by atoms with Crippen molar-refractivity contribution in [3.05, 3.63) is 22.2 Å². The van der Waals surface area contributed by atoms with Crippen LogP contribution in [0.1, 0.15) is 77.0 Å². The molecule has 0 aromatic heterocycles. The SMILES string of the molecule is COc1cc2c(c(Cl)c1OCC1(C)CCC1)CCN1CC(OC(C)(C)C)CCC21. The van der Waals surface area contributed by atoms with E-state index in [0.717, 1.165) is 48.9 Å². The molecule has 1 aliphatic carbocycles. The summed E-state index contributed by atoms with van der Waals surface area (Å²) in [5.74, 6) is 1.51. The fourth-order valence-electron chi connectivity index (χ4n) is 5.13. The predicted octanol–water partition coefficient (Wildman–Crippen LogP) is 5.79. The monoisotopic (exact) mass is 421 g/mol. The molecule has 0 amide bonds. The topological polar surface area (TPSA) is 30.9 Å². The third kappa shape index (κ3) is 4.40. The van der Waals surface area contributed by atoms with Crippen molar-refractivity contribution in [2.45, 2.75) is 84.0 Å². The van der Waals surface area contributed by atoms with Gasteiger partial charge in [0, 0.05) is 24.5 Å². The van der Waals surface area contributed by atoms with E-state index in [9.17, 15) is 0 Å². The summed E-state index contributed by atoms with van der Waals surface area (Å²) in [5.41, 5.74) is 2.75. The Morgan fingerprint density at radius 2 is 2.00 bits per heavy atom. The van der Waals surface area contributed by atoms with Crippen LogP contribution in [0.2, 0.25) is 5.02 Å². The number of rotatable bonds is 5. The van der Waals surface area contributed by atoms with Crippen LogP contribution in [0.4, 0.5) is 0 Å². The second-order valence-electron chi connectivity index (χ2n) is 10.4. The number of hydrogen-bond donors (Lipinski definition) is 0. The number of nitrogens with zero attached hydrogens (tertiary/aromatic N) is 1. The summed E-state index contributed by atoms with van der Waals surface area (Å²) in [4.78, 5) is 2.56. The standard InChI is InChI=1S/C24H36ClNO3/c1-23(2,3)29-16-7-8-19-18-13-20(27-5)22(28-15-24(4)10-6-11-24)21(25)17(18)9-12-26(19)14-16/h13,16,19H,6-12,14-15H2,1-5H3. The molecule has 1 aromatic carbocycles. The summed E-state index contributed by atoms with van der Waals surface area (Å²) < 4.78 is 18.2. The molecular formula is C24H36ClNO3. The number of hydrogen-bond acceptors (Lipinski definition) is 4. The van der Waals surface area contributed by atoms with Gasteiger partial charge in [-0.05, 0) is 70.1 Å². The average Bonchev–Trinajstić information content (AvgIpc) is 2.63. The van der Waals surface area contributed by atoms with E-state index in [1.807, 2.05) is 0 Å². The zero-order chi connectivity index (χ0) is 20.8. The molecule has 2 atom stereocenters. The molecule has 0 bridgehead atoms. The van der Waals surface area contributed by atoms with Crippen molar-refractivity contribution in [2.24, 2.45) is 5.41 Å². The van der Waals surface area contributed by atoms with Crippen molar-refractivity contribution < 1.29 is 14.2 Å². The van der Waals surface area contributed by atoms with E-state index in [1.165, 1.54) is 30.4 Å². The van der Waals surface area contributed by atoms with Crippen molar-refractivity contribution in [1.82, 2.24) is 4.90 Å². The largest absolute Gasteiger partial charge is 0.493 e. The van der Waals surface area contributed by atoms with E-state index in [4.69, 9.17) is 25.8 Å². The Balaban J connectivity index is 1.55. The van der Waals surface area contributed by atoms with Crippen LogP contribution in [0, 0.1) is 5.41 Å². The molecule has 5 heteroatoms. The van der Waals surface area contributed by atoms with Crippen LogP contribution in [0.15, 0.2) is 6.07 Å². The number of benzene rings is 1. The van der Waals surface area contributed by atoms with Gasteiger partial charge in [-0.15, -0.1) is 0 Å². The Morgan fingerprint density at radius 3 is 2.62 bits per heavy atom. The van der Waals surface area contributed by atoms with Crippen LogP contribution in [0.25, 0.3) is 0 Å². The van der Waals surface area contributed by atoms with Gasteiger partial charge >= 0.3 is 0 Å². The minimum atomic E-state index is -0.0962. The van der Waals surface area contributed by atoms with Crippen LogP contribution >= 0.6 is 11.6 Å². The number of halogens is 1. The molecule has 2 fully saturated rings. The molecule has 0 radical (unpaired) electrons. The summed E-state index contributed by atoms with van der Waals surface area (Å²) in [6.45, 7) is 11.4. The Labute approximate surface area is 180 Å². The van der Waals surface area contributed by atoms with Crippen LogP contribution in [0.5, 0.6) is 11.5 Å². The fraction of sp³-hybridized carbons (Fsp3) is 0.750. The lowest BCUT2D eigenvalue weighted by Crippen LogP contribution is -2.47. The first-order valence-electron chi connectivity index (χ1n) is 11.1. The average molecular weight is 422 g/mol. The van der Waals surface area contributed by atoms with Gasteiger partial charge in [-0.3, -0.25) is 4.90 Å². The van der Waals surface area contributed by atoms with Crippen LogP contribution in [-0.2, 0) is 11.2 Å². The molecule has 3 aliphatic rings. The molecule has 0 spiro atoms. The number of fused-ring (bicyclic) bond motifs is 3. The highest BCUT2D eigenvalue weighted by molar-refractivity contribution is 6.33. The van der Waals surface area contributed by atoms with Crippen molar-refractivity contribution in [2.75, 3.05) is 26.8 Å². The summed E-state index contributed by atoms with van der Waals surface area (Å²) in [6, 6.07) is 2.57. The van der Waals surface area contributed by atoms with Crippen LogP contribution in [0.3, 0.4) is 0 Å². The van der Waals surface area contributed by atoms with Crippen molar-refractivity contribution in [1.29, 1.82) is 0 Å². The second-order valence-corrected chi connectivity index (χ2v) is 10.8. The molecule has 162 valence electrons. The highest BCUT2D eigenvalue weighted by atomic mass is 35.5. The summed E-state index contributed by atoms with van der Waals surface area (Å²) in [6.07, 6.45) is 7.17. The molecule has 4 rings (SSSR count). The lowest BCUT2D eigenvalue weighted by Gasteiger charge is -2.45. The highest BCUT2D eigenvalue weighted by Gasteiger charge is 2.38. The van der Waals surface area contributed by atoms with Gasteiger partial charge in [0.1, 0.15) is 0 Å². The van der Waals surface area contributed by atoms with Gasteiger partial charge in [0.15, 0.2) is 11.5 Å². The van der Waals surface area contributed by atoms with E-state index < -0.39 is 0 Å². The Bertz CT molecular complexity index is 753. The molecule has 1 aromatic rings. The van der Waals surface area contributed by atoms with Crippen LogP contribution in [-0.4, -0.2) is 43.4 Å². The molecule has 2 aliphatic heterocycles. The van der Waals surface area contributed by atoms with Gasteiger partial charge in [0.2, 0.25) is 0 Å². The third-order valence-corrected chi connectivity index (χ3v) is 7.24. The van der Waals surface area contributed by atoms with Gasteiger partial charge in [-0.25, -0.2) is 0 Å². The molecule has 1 saturated carbocycles. The summed E-state index contributed by atoms with van der Waals surface area (Å²) in [7, 11) is 1.71. The normalized spacial score (nSPS) is 26.3. The molecule has 1 saturated heterocycles. The fourth-order valence-corrected chi connectivity index (χ4v) is 5.48. The van der Waals surface area contributed by atoms with Crippen molar-refractivity contribution in [3.8, 4) is 11.5 Å². The number of methoxy groups -OCH3 is 1. The maximum Gasteiger partial charge on any atom is 0.180 e. The summed E-state index contributed by atoms with van der Waals surface area (Å²) >= 11 is 6.90. The maximum atomic E-state index is 6.90. The number of piperidine rings is 1. The van der Waals surface area contributed by atoms with Gasteiger partial charge in [0.25, 0.3) is 0 Å². The zero-order valence-electron chi connectivity index (χ0n) is 18.6. The lowest BCUT2D eigenvalue weighted by molar-refractivity contribution is -0.0971. The van der Waals surface area contributed by atoms with E-state index >= 15 is 0 Å². The maximum absolute atomic E-state index is 6.90. The highest BCUT2D eigenvalue weighted by Crippen LogP contribution is 2.48. The Hall–Kier alpha value is -0.970. The minimum Gasteiger partial charge on any atom is -0.493 e. The first kappa shape index (κ1) is 21.3. The minimum absolute atomic E-state index is 0.0962. The Kier molecular flexibility index (Phi) is 5.82. The quantitative estimate of drug-likeness (QED) is 0.601. The Morgan fingerprint density at radius 1 is 1.24 bits per heavy atom. The first-order valence-corrected chi connectivity index (χ1v) is 11.5. The zero-order valence-corrected chi connectivity index (χ0v) is 19.4. The van der Waals surface area contributed by atoms with Gasteiger partial charge in [0.05, 0.1) is 30.4 Å². The van der Waals surface area contributed by atoms with Crippen LogP contribution < -0.4 is 9.47 Å². The predicted molar refractivity (Wildman–Crippen MR) is 117 cm³/mol. The summed E-state index contributed by atoms with van der Waals surface area (Å²) in [5, 5.41) is 0.759. The third-order valence-electron chi connectivity index (χ3n) is 6.84.